The molecular formula is C21H23NO3. The van der Waals surface area contributed by atoms with Crippen molar-refractivity contribution in [3.05, 3.63) is 68.8 Å². The third-order valence-electron chi connectivity index (χ3n) is 5.58. The highest BCUT2D eigenvalue weighted by molar-refractivity contribution is 5.95. The molecule has 0 radical (unpaired) electrons. The molecule has 1 aromatic carbocycles. The molecular weight excluding hydrogens is 314 g/mol. The van der Waals surface area contributed by atoms with E-state index in [1.807, 2.05) is 19.1 Å². The van der Waals surface area contributed by atoms with Crippen molar-refractivity contribution in [2.75, 3.05) is 0 Å². The minimum absolute atomic E-state index is 0.0625. The minimum Gasteiger partial charge on any atom is -0.427 e. The first-order chi connectivity index (χ1) is 12.1. The number of aryl methyl sites for hydroxylation is 2. The molecule has 2 aromatic rings. The van der Waals surface area contributed by atoms with Gasteiger partial charge in [-0.15, -0.1) is 0 Å². The molecule has 4 heteroatoms. The second-order valence-electron chi connectivity index (χ2n) is 7.30. The number of nitrogens with one attached hydrogen (secondary N) is 1. The monoisotopic (exact) mass is 337 g/mol. The van der Waals surface area contributed by atoms with E-state index in [0.717, 1.165) is 37.9 Å². The first-order valence-corrected chi connectivity index (χ1v) is 9.14. The summed E-state index contributed by atoms with van der Waals surface area (Å²) >= 11 is 0. The molecule has 1 N–H and O–H groups in total. The van der Waals surface area contributed by atoms with Crippen molar-refractivity contribution in [2.45, 2.75) is 57.4 Å². The summed E-state index contributed by atoms with van der Waals surface area (Å²) < 4.78 is 5.44. The third kappa shape index (κ3) is 3.13. The zero-order valence-electron chi connectivity index (χ0n) is 14.5. The standard InChI is InChI=1S/C21H23NO3/c1-13-11-18(15-7-4-8-15)25-21(24)19(13)20(23)22-17-10-9-14-5-2-3-6-16(14)12-17/h2-3,5-6,11,15,17H,4,7-10,12H2,1H3,(H,22,23). The minimum atomic E-state index is -0.504. The van der Waals surface area contributed by atoms with Gasteiger partial charge in [-0.3, -0.25) is 4.79 Å². The maximum atomic E-state index is 12.7. The maximum Gasteiger partial charge on any atom is 0.349 e. The first kappa shape index (κ1) is 16.1. The fraction of sp³-hybridized carbons (Fsp3) is 0.429. The van der Waals surface area contributed by atoms with Gasteiger partial charge in [0.15, 0.2) is 0 Å². The molecule has 1 aromatic heterocycles. The highest BCUT2D eigenvalue weighted by Crippen LogP contribution is 2.36. The van der Waals surface area contributed by atoms with Crippen LogP contribution in [-0.4, -0.2) is 11.9 Å². The Morgan fingerprint density at radius 1 is 1.16 bits per heavy atom. The number of hydrogen-bond acceptors (Lipinski definition) is 3. The lowest BCUT2D eigenvalue weighted by molar-refractivity contribution is 0.0928. The van der Waals surface area contributed by atoms with Gasteiger partial charge in [-0.25, -0.2) is 4.79 Å². The number of benzene rings is 1. The molecule has 2 aliphatic rings. The van der Waals surface area contributed by atoms with Crippen molar-refractivity contribution in [3.8, 4) is 0 Å². The van der Waals surface area contributed by atoms with E-state index in [-0.39, 0.29) is 17.5 Å². The number of hydrogen-bond donors (Lipinski definition) is 1. The highest BCUT2D eigenvalue weighted by atomic mass is 16.4. The van der Waals surface area contributed by atoms with Gasteiger partial charge in [-0.05, 0) is 61.8 Å². The van der Waals surface area contributed by atoms with Gasteiger partial charge in [0.2, 0.25) is 0 Å². The van der Waals surface area contributed by atoms with E-state index in [1.165, 1.54) is 17.5 Å². The molecule has 2 aliphatic carbocycles. The Morgan fingerprint density at radius 2 is 1.92 bits per heavy atom. The van der Waals surface area contributed by atoms with E-state index in [2.05, 4.69) is 23.5 Å². The van der Waals surface area contributed by atoms with Gasteiger partial charge in [0, 0.05) is 12.0 Å². The number of fused-ring (bicyclic) bond motifs is 1. The van der Waals surface area contributed by atoms with Crippen LogP contribution in [0.5, 0.6) is 0 Å². The second kappa shape index (κ2) is 6.51. The van der Waals surface area contributed by atoms with E-state index in [0.29, 0.717) is 11.5 Å². The summed E-state index contributed by atoms with van der Waals surface area (Å²) in [5.74, 6) is 0.769. The molecule has 4 rings (SSSR count). The van der Waals surface area contributed by atoms with Crippen molar-refractivity contribution in [1.82, 2.24) is 5.32 Å². The van der Waals surface area contributed by atoms with Gasteiger partial charge >= 0.3 is 5.63 Å². The number of amides is 1. The Hall–Kier alpha value is -2.36. The van der Waals surface area contributed by atoms with Crippen LogP contribution >= 0.6 is 0 Å². The van der Waals surface area contributed by atoms with Gasteiger partial charge < -0.3 is 9.73 Å². The lowest BCUT2D eigenvalue weighted by Gasteiger charge is -2.26. The van der Waals surface area contributed by atoms with Crippen LogP contribution in [0.4, 0.5) is 0 Å². The fourth-order valence-corrected chi connectivity index (χ4v) is 3.88. The molecule has 1 saturated carbocycles. The van der Waals surface area contributed by atoms with Crippen LogP contribution in [0.3, 0.4) is 0 Å². The zero-order chi connectivity index (χ0) is 17.4. The average molecular weight is 337 g/mol. The van der Waals surface area contributed by atoms with Crippen LogP contribution in [0.1, 0.15) is 64.4 Å². The van der Waals surface area contributed by atoms with Crippen LogP contribution in [0.15, 0.2) is 39.5 Å². The van der Waals surface area contributed by atoms with Crippen molar-refractivity contribution in [1.29, 1.82) is 0 Å². The number of rotatable bonds is 3. The van der Waals surface area contributed by atoms with Gasteiger partial charge in [0.05, 0.1) is 0 Å². The smallest absolute Gasteiger partial charge is 0.349 e. The lowest BCUT2D eigenvalue weighted by atomic mass is 9.83. The summed E-state index contributed by atoms with van der Waals surface area (Å²) in [6.07, 6.45) is 5.97. The number of carbonyl (C=O) groups excluding carboxylic acids is 1. The van der Waals surface area contributed by atoms with Crippen molar-refractivity contribution in [2.24, 2.45) is 0 Å². The summed E-state index contributed by atoms with van der Waals surface area (Å²) in [6, 6.07) is 10.3. The van der Waals surface area contributed by atoms with Crippen molar-refractivity contribution in [3.63, 3.8) is 0 Å². The molecule has 25 heavy (non-hydrogen) atoms. The van der Waals surface area contributed by atoms with E-state index in [9.17, 15) is 9.59 Å². The average Bonchev–Trinajstić information content (AvgIpc) is 2.52. The Morgan fingerprint density at radius 3 is 2.60 bits per heavy atom. The number of carbonyl (C=O) groups is 1. The summed E-state index contributed by atoms with van der Waals surface area (Å²) in [6.45, 7) is 1.82. The summed E-state index contributed by atoms with van der Waals surface area (Å²) in [4.78, 5) is 25.0. The molecule has 0 aliphatic heterocycles. The molecule has 1 heterocycles. The molecule has 0 spiro atoms. The van der Waals surface area contributed by atoms with Gasteiger partial charge in [-0.1, -0.05) is 30.7 Å². The predicted octanol–water partition coefficient (Wildman–Crippen LogP) is 3.50. The second-order valence-corrected chi connectivity index (χ2v) is 7.30. The van der Waals surface area contributed by atoms with E-state index in [1.54, 1.807) is 0 Å². The van der Waals surface area contributed by atoms with E-state index in [4.69, 9.17) is 4.42 Å². The fourth-order valence-electron chi connectivity index (χ4n) is 3.88. The van der Waals surface area contributed by atoms with E-state index < -0.39 is 5.63 Å². The molecule has 0 saturated heterocycles. The predicted molar refractivity (Wildman–Crippen MR) is 96.0 cm³/mol. The highest BCUT2D eigenvalue weighted by Gasteiger charge is 2.26. The van der Waals surface area contributed by atoms with Gasteiger partial charge in [0.25, 0.3) is 5.91 Å². The van der Waals surface area contributed by atoms with Crippen molar-refractivity contribution >= 4 is 5.91 Å². The molecule has 1 atom stereocenters. The summed E-state index contributed by atoms with van der Waals surface area (Å²) in [5, 5.41) is 3.04. The quantitative estimate of drug-likeness (QED) is 0.932. The van der Waals surface area contributed by atoms with Crippen LogP contribution < -0.4 is 10.9 Å². The molecule has 0 bridgehead atoms. The van der Waals surface area contributed by atoms with Crippen LogP contribution in [0, 0.1) is 6.92 Å². The molecule has 4 nitrogen and oxygen atoms in total. The van der Waals surface area contributed by atoms with Crippen LogP contribution in [0.2, 0.25) is 0 Å². The van der Waals surface area contributed by atoms with Gasteiger partial charge in [0.1, 0.15) is 11.3 Å². The Balaban J connectivity index is 1.51. The maximum absolute atomic E-state index is 12.7. The topological polar surface area (TPSA) is 59.3 Å². The van der Waals surface area contributed by atoms with Crippen molar-refractivity contribution < 1.29 is 9.21 Å². The first-order valence-electron chi connectivity index (χ1n) is 9.14. The van der Waals surface area contributed by atoms with Gasteiger partial charge in [-0.2, -0.15) is 0 Å². The lowest BCUT2D eigenvalue weighted by Crippen LogP contribution is -2.41. The third-order valence-corrected chi connectivity index (χ3v) is 5.58. The largest absolute Gasteiger partial charge is 0.427 e. The molecule has 1 amide bonds. The molecule has 1 fully saturated rings. The molecule has 130 valence electrons. The Bertz CT molecular complexity index is 864. The molecule has 1 unspecified atom stereocenters. The van der Waals surface area contributed by atoms with Crippen LogP contribution in [-0.2, 0) is 12.8 Å². The van der Waals surface area contributed by atoms with E-state index >= 15 is 0 Å². The summed E-state index contributed by atoms with van der Waals surface area (Å²) in [7, 11) is 0. The SMILES string of the molecule is Cc1cc(C2CCC2)oc(=O)c1C(=O)NC1CCc2ccccc2C1. The Kier molecular flexibility index (Phi) is 4.20. The normalized spacial score (nSPS) is 19.8. The zero-order valence-corrected chi connectivity index (χ0v) is 14.5. The Labute approximate surface area is 147 Å². The van der Waals surface area contributed by atoms with Crippen LogP contribution in [0.25, 0.3) is 0 Å². The summed E-state index contributed by atoms with van der Waals surface area (Å²) in [5.41, 5.74) is 3.00.